The van der Waals surface area contributed by atoms with E-state index in [-0.39, 0.29) is 11.1 Å². The van der Waals surface area contributed by atoms with Crippen LogP contribution in [0.5, 0.6) is 0 Å². The lowest BCUT2D eigenvalue weighted by Crippen LogP contribution is -2.50. The predicted octanol–water partition coefficient (Wildman–Crippen LogP) is 3.70. The largest absolute Gasteiger partial charge is 0.417 e. The molecule has 1 aliphatic heterocycles. The van der Waals surface area contributed by atoms with Crippen molar-refractivity contribution in [2.45, 2.75) is 69.0 Å². The number of halogens is 1. The Hall–Kier alpha value is -0.213. The Labute approximate surface area is 157 Å². The fourth-order valence-corrected chi connectivity index (χ4v) is 6.04. The molecule has 0 aromatic heterocycles. The molecule has 0 radical (unpaired) electrons. The van der Waals surface area contributed by atoms with Crippen LogP contribution in [0.4, 0.5) is 0 Å². The Balaban J connectivity index is 2.24. The number of sulfonamides is 1. The van der Waals surface area contributed by atoms with Gasteiger partial charge in [-0.1, -0.05) is 36.7 Å². The summed E-state index contributed by atoms with van der Waals surface area (Å²) in [7, 11) is -4.24. The van der Waals surface area contributed by atoms with Gasteiger partial charge in [-0.15, -0.1) is 0 Å². The minimum Gasteiger partial charge on any atom is -0.417 e. The van der Waals surface area contributed by atoms with Crippen LogP contribution < -0.4 is 0 Å². The van der Waals surface area contributed by atoms with E-state index in [2.05, 4.69) is 36.7 Å². The first-order valence-corrected chi connectivity index (χ1v) is 11.9. The smallest absolute Gasteiger partial charge is 0.243 e. The van der Waals surface area contributed by atoms with Gasteiger partial charge in [-0.05, 0) is 56.0 Å². The molecule has 136 valence electrons. The fraction of sp³-hybridized carbons (Fsp3) is 0.647. The van der Waals surface area contributed by atoms with Gasteiger partial charge in [0.05, 0.1) is 16.5 Å². The average molecular weight is 434 g/mol. The van der Waals surface area contributed by atoms with Gasteiger partial charge in [-0.3, -0.25) is 0 Å². The van der Waals surface area contributed by atoms with Gasteiger partial charge in [0.15, 0.2) is 9.76 Å². The van der Waals surface area contributed by atoms with Crippen LogP contribution in [0.15, 0.2) is 33.6 Å². The zero-order valence-corrected chi connectivity index (χ0v) is 19.0. The van der Waals surface area contributed by atoms with Crippen LogP contribution >= 0.6 is 15.9 Å². The van der Waals surface area contributed by atoms with Crippen LogP contribution in [0, 0.1) is 0 Å². The van der Waals surface area contributed by atoms with E-state index in [4.69, 9.17) is 4.43 Å². The molecule has 0 unspecified atom stereocenters. The molecule has 1 heterocycles. The number of hydrogen-bond acceptors (Lipinski definition) is 3. The van der Waals surface area contributed by atoms with Gasteiger partial charge in [-0.2, -0.15) is 4.31 Å². The van der Waals surface area contributed by atoms with Gasteiger partial charge in [0, 0.05) is 11.0 Å². The van der Waals surface area contributed by atoms with Crippen molar-refractivity contribution in [1.29, 1.82) is 0 Å². The summed E-state index contributed by atoms with van der Waals surface area (Å²) < 4.78 is 34.9. The molecule has 1 aromatic carbocycles. The van der Waals surface area contributed by atoms with E-state index in [0.717, 1.165) is 17.3 Å². The zero-order valence-electron chi connectivity index (χ0n) is 15.2. The highest BCUT2D eigenvalue weighted by Crippen LogP contribution is 2.35. The average Bonchev–Trinajstić information content (AvgIpc) is 2.96. The van der Waals surface area contributed by atoms with Crippen LogP contribution in [-0.2, 0) is 14.4 Å². The number of hydrogen-bond donors (Lipinski definition) is 0. The first kappa shape index (κ1) is 20.1. The molecule has 0 saturated carbocycles. The van der Waals surface area contributed by atoms with E-state index in [9.17, 15) is 8.42 Å². The SMILES string of the molecule is CC(C)(C)[SiH2]OC(C)(C)[C@H]1CCCN1S(=O)(=O)c1ccc(Br)cc1. The summed E-state index contributed by atoms with van der Waals surface area (Å²) >= 11 is 3.35. The van der Waals surface area contributed by atoms with Gasteiger partial charge in [0.25, 0.3) is 0 Å². The van der Waals surface area contributed by atoms with Crippen molar-refractivity contribution in [3.8, 4) is 0 Å². The molecule has 1 aromatic rings. The molecule has 2 rings (SSSR count). The van der Waals surface area contributed by atoms with E-state index in [1.54, 1.807) is 28.6 Å². The Morgan fingerprint density at radius 1 is 1.17 bits per heavy atom. The molecular weight excluding hydrogens is 406 g/mol. The fourth-order valence-electron chi connectivity index (χ4n) is 2.96. The molecule has 0 amide bonds. The van der Waals surface area contributed by atoms with Crippen molar-refractivity contribution in [3.05, 3.63) is 28.7 Å². The van der Waals surface area contributed by atoms with E-state index < -0.39 is 25.4 Å². The lowest BCUT2D eigenvalue weighted by Gasteiger charge is -2.39. The van der Waals surface area contributed by atoms with Crippen molar-refractivity contribution in [3.63, 3.8) is 0 Å². The van der Waals surface area contributed by atoms with Crippen LogP contribution in [0.3, 0.4) is 0 Å². The monoisotopic (exact) mass is 433 g/mol. The molecule has 0 spiro atoms. The van der Waals surface area contributed by atoms with Crippen LogP contribution in [0.25, 0.3) is 0 Å². The van der Waals surface area contributed by atoms with E-state index in [1.165, 1.54) is 0 Å². The minimum atomic E-state index is -3.49. The van der Waals surface area contributed by atoms with Gasteiger partial charge in [0.2, 0.25) is 10.0 Å². The van der Waals surface area contributed by atoms with Gasteiger partial charge < -0.3 is 4.43 Å². The second kappa shape index (κ2) is 7.19. The van der Waals surface area contributed by atoms with Gasteiger partial charge >= 0.3 is 0 Å². The summed E-state index contributed by atoms with van der Waals surface area (Å²) in [5.74, 6) is 0. The van der Waals surface area contributed by atoms with Crippen molar-refractivity contribution >= 4 is 35.7 Å². The second-order valence-corrected chi connectivity index (χ2v) is 13.7. The number of benzene rings is 1. The third-order valence-electron chi connectivity index (χ3n) is 4.30. The van der Waals surface area contributed by atoms with Crippen molar-refractivity contribution < 1.29 is 12.8 Å². The Morgan fingerprint density at radius 2 is 1.75 bits per heavy atom. The summed E-state index contributed by atoms with van der Waals surface area (Å²) in [4.78, 5) is 0.349. The van der Waals surface area contributed by atoms with Gasteiger partial charge in [-0.25, -0.2) is 8.42 Å². The zero-order chi connectivity index (χ0) is 18.2. The summed E-state index contributed by atoms with van der Waals surface area (Å²) in [5, 5.41) is 0.186. The van der Waals surface area contributed by atoms with Gasteiger partial charge in [0.1, 0.15) is 0 Å². The van der Waals surface area contributed by atoms with Crippen molar-refractivity contribution in [1.82, 2.24) is 4.31 Å². The second-order valence-electron chi connectivity index (χ2n) is 8.18. The molecule has 0 N–H and O–H groups in total. The van der Waals surface area contributed by atoms with E-state index >= 15 is 0 Å². The normalized spacial score (nSPS) is 21.0. The highest BCUT2D eigenvalue weighted by Gasteiger charge is 2.44. The predicted molar refractivity (Wildman–Crippen MR) is 104 cm³/mol. The maximum absolute atomic E-state index is 13.1. The Bertz CT molecular complexity index is 668. The minimum absolute atomic E-state index is 0.110. The maximum atomic E-state index is 13.1. The van der Waals surface area contributed by atoms with Crippen LogP contribution in [0.1, 0.15) is 47.5 Å². The molecule has 0 aliphatic carbocycles. The first-order chi connectivity index (χ1) is 10.9. The lowest BCUT2D eigenvalue weighted by atomic mass is 9.98. The number of nitrogens with zero attached hydrogens (tertiary/aromatic N) is 1. The Morgan fingerprint density at radius 3 is 2.29 bits per heavy atom. The molecule has 4 nitrogen and oxygen atoms in total. The lowest BCUT2D eigenvalue weighted by molar-refractivity contribution is 0.0463. The molecular formula is C17H28BrNO3SSi. The Kier molecular flexibility index (Phi) is 6.02. The third kappa shape index (κ3) is 4.69. The summed E-state index contributed by atoms with van der Waals surface area (Å²) in [6.45, 7) is 11.2. The van der Waals surface area contributed by atoms with Crippen molar-refractivity contribution in [2.24, 2.45) is 0 Å². The molecule has 24 heavy (non-hydrogen) atoms. The standard InChI is InChI=1S/C17H28BrNO3SSi/c1-16(2,3)24-22-17(4,5)15-7-6-12-19(15)23(20,21)14-10-8-13(18)9-11-14/h8-11,15H,6-7,12,24H2,1-5H3/t15-/m1/s1. The highest BCUT2D eigenvalue weighted by molar-refractivity contribution is 9.10. The third-order valence-corrected chi connectivity index (χ3v) is 8.51. The summed E-state index contributed by atoms with van der Waals surface area (Å²) in [6.07, 6.45) is 1.73. The molecule has 1 aliphatic rings. The van der Waals surface area contributed by atoms with E-state index in [0.29, 0.717) is 11.4 Å². The van der Waals surface area contributed by atoms with Crippen LogP contribution in [-0.4, -0.2) is 40.7 Å². The van der Waals surface area contributed by atoms with Crippen molar-refractivity contribution in [2.75, 3.05) is 6.54 Å². The highest BCUT2D eigenvalue weighted by atomic mass is 79.9. The molecule has 1 saturated heterocycles. The quantitative estimate of drug-likeness (QED) is 0.664. The molecule has 7 heteroatoms. The molecule has 1 fully saturated rings. The maximum Gasteiger partial charge on any atom is 0.243 e. The molecule has 0 bridgehead atoms. The molecule has 1 atom stereocenters. The summed E-state index contributed by atoms with van der Waals surface area (Å²) in [6, 6.07) is 6.75. The van der Waals surface area contributed by atoms with Crippen LogP contribution in [0.2, 0.25) is 5.04 Å². The first-order valence-electron chi connectivity index (χ1n) is 8.35. The summed E-state index contributed by atoms with van der Waals surface area (Å²) in [5.41, 5.74) is -0.460. The number of rotatable bonds is 5. The topological polar surface area (TPSA) is 46.6 Å². The van der Waals surface area contributed by atoms with E-state index in [1.807, 2.05) is 13.8 Å².